The van der Waals surface area contributed by atoms with Crippen LogP contribution in [0.2, 0.25) is 0 Å². The number of methoxy groups -OCH3 is 1. The zero-order valence-electron chi connectivity index (χ0n) is 12.7. The van der Waals surface area contributed by atoms with E-state index >= 15 is 0 Å². The Kier molecular flexibility index (Phi) is 3.23. The Morgan fingerprint density at radius 1 is 1.00 bits per heavy atom. The van der Waals surface area contributed by atoms with Gasteiger partial charge in [0.05, 0.1) is 13.2 Å². The van der Waals surface area contributed by atoms with Crippen molar-refractivity contribution in [1.82, 2.24) is 0 Å². The highest BCUT2D eigenvalue weighted by Gasteiger charge is 2.27. The summed E-state index contributed by atoms with van der Waals surface area (Å²) in [5.74, 6) is 1.06. The van der Waals surface area contributed by atoms with Crippen molar-refractivity contribution in [2.75, 3.05) is 12.4 Å². The van der Waals surface area contributed by atoms with Crippen LogP contribution in [0.3, 0.4) is 0 Å². The summed E-state index contributed by atoms with van der Waals surface area (Å²) in [6.45, 7) is 0. The summed E-state index contributed by atoms with van der Waals surface area (Å²) < 4.78 is 5.74. The smallest absolute Gasteiger partial charge is 0.125 e. The van der Waals surface area contributed by atoms with Gasteiger partial charge in [0.1, 0.15) is 5.76 Å². The predicted octanol–water partition coefficient (Wildman–Crippen LogP) is 4.93. The number of ether oxygens (including phenoxy) is 1. The van der Waals surface area contributed by atoms with Gasteiger partial charge in [0.2, 0.25) is 0 Å². The zero-order chi connectivity index (χ0) is 14.9. The highest BCUT2D eigenvalue weighted by molar-refractivity contribution is 5.88. The van der Waals surface area contributed by atoms with Crippen LogP contribution in [0.5, 0.6) is 0 Å². The van der Waals surface area contributed by atoms with Crippen LogP contribution in [0.1, 0.15) is 30.0 Å². The number of hydrogen-bond acceptors (Lipinski definition) is 2. The van der Waals surface area contributed by atoms with Crippen LogP contribution in [0.15, 0.2) is 72.0 Å². The highest BCUT2D eigenvalue weighted by atomic mass is 16.5. The van der Waals surface area contributed by atoms with Gasteiger partial charge < -0.3 is 10.1 Å². The fraction of sp³-hybridized carbons (Fsp3) is 0.200. The van der Waals surface area contributed by atoms with Gasteiger partial charge in [-0.05, 0) is 36.1 Å². The summed E-state index contributed by atoms with van der Waals surface area (Å²) in [6, 6.07) is 19.2. The van der Waals surface area contributed by atoms with Crippen LogP contribution >= 0.6 is 0 Å². The molecule has 0 radical (unpaired) electrons. The molecule has 22 heavy (non-hydrogen) atoms. The normalized spacial score (nSPS) is 18.9. The van der Waals surface area contributed by atoms with Crippen molar-refractivity contribution in [1.29, 1.82) is 0 Å². The van der Waals surface area contributed by atoms with Crippen molar-refractivity contribution in [2.24, 2.45) is 0 Å². The Morgan fingerprint density at radius 2 is 1.73 bits per heavy atom. The van der Waals surface area contributed by atoms with E-state index in [2.05, 4.69) is 66.0 Å². The molecule has 1 aliphatic carbocycles. The molecule has 0 saturated heterocycles. The lowest BCUT2D eigenvalue weighted by molar-refractivity contribution is 0.309. The second-order valence-corrected chi connectivity index (χ2v) is 5.80. The molecule has 1 N–H and O–H groups in total. The molecule has 0 amide bonds. The minimum Gasteiger partial charge on any atom is -0.496 e. The SMILES string of the molecule is COC(C1=CC(c2ccccc2)Nc2ccccc21)=C1CC1. The molecule has 1 heterocycles. The van der Waals surface area contributed by atoms with Crippen LogP contribution in [-0.2, 0) is 4.74 Å². The lowest BCUT2D eigenvalue weighted by atomic mass is 9.92. The van der Waals surface area contributed by atoms with Gasteiger partial charge in [-0.3, -0.25) is 0 Å². The van der Waals surface area contributed by atoms with Crippen molar-refractivity contribution in [3.8, 4) is 0 Å². The van der Waals surface area contributed by atoms with E-state index in [4.69, 9.17) is 4.74 Å². The first-order chi connectivity index (χ1) is 10.9. The Balaban J connectivity index is 1.84. The van der Waals surface area contributed by atoms with E-state index in [9.17, 15) is 0 Å². The maximum Gasteiger partial charge on any atom is 0.125 e. The Bertz CT molecular complexity index is 752. The molecule has 4 rings (SSSR count). The molecule has 0 aromatic heterocycles. The summed E-state index contributed by atoms with van der Waals surface area (Å²) in [7, 11) is 1.78. The monoisotopic (exact) mass is 289 g/mol. The third-order valence-electron chi connectivity index (χ3n) is 4.29. The van der Waals surface area contributed by atoms with E-state index in [-0.39, 0.29) is 6.04 Å². The lowest BCUT2D eigenvalue weighted by Crippen LogP contribution is -2.15. The van der Waals surface area contributed by atoms with Crippen LogP contribution in [0.4, 0.5) is 5.69 Å². The van der Waals surface area contributed by atoms with Gasteiger partial charge in [-0.2, -0.15) is 0 Å². The van der Waals surface area contributed by atoms with Crippen LogP contribution < -0.4 is 5.32 Å². The zero-order valence-corrected chi connectivity index (χ0v) is 12.7. The molecule has 2 aromatic rings. The minimum absolute atomic E-state index is 0.176. The number of para-hydroxylation sites is 1. The molecule has 2 aliphatic rings. The third kappa shape index (κ3) is 2.31. The molecule has 2 aromatic carbocycles. The second-order valence-electron chi connectivity index (χ2n) is 5.80. The Labute approximate surface area is 131 Å². The first kappa shape index (κ1) is 13.2. The number of allylic oxidation sites excluding steroid dienone is 2. The van der Waals surface area contributed by atoms with Crippen molar-refractivity contribution in [3.63, 3.8) is 0 Å². The molecule has 0 bridgehead atoms. The van der Waals surface area contributed by atoms with E-state index in [1.54, 1.807) is 7.11 Å². The van der Waals surface area contributed by atoms with E-state index in [1.807, 2.05) is 0 Å². The fourth-order valence-electron chi connectivity index (χ4n) is 3.08. The number of rotatable bonds is 3. The molecule has 2 heteroatoms. The summed E-state index contributed by atoms with van der Waals surface area (Å²) in [5.41, 5.74) is 6.32. The first-order valence-electron chi connectivity index (χ1n) is 7.76. The number of anilines is 1. The summed E-state index contributed by atoms with van der Waals surface area (Å²) in [5, 5.41) is 3.63. The number of fused-ring (bicyclic) bond motifs is 1. The molecule has 1 unspecified atom stereocenters. The molecule has 1 saturated carbocycles. The maximum atomic E-state index is 5.74. The number of nitrogens with one attached hydrogen (secondary N) is 1. The molecule has 0 spiro atoms. The van der Waals surface area contributed by atoms with Crippen molar-refractivity contribution < 1.29 is 4.74 Å². The average Bonchev–Trinajstić information content (AvgIpc) is 3.41. The Hall–Kier alpha value is -2.48. The maximum absolute atomic E-state index is 5.74. The third-order valence-corrected chi connectivity index (χ3v) is 4.29. The van der Waals surface area contributed by atoms with Gasteiger partial charge in [-0.15, -0.1) is 0 Å². The van der Waals surface area contributed by atoms with Crippen LogP contribution in [-0.4, -0.2) is 7.11 Å². The topological polar surface area (TPSA) is 21.3 Å². The molecule has 2 nitrogen and oxygen atoms in total. The highest BCUT2D eigenvalue weighted by Crippen LogP contribution is 2.44. The van der Waals surface area contributed by atoms with Gasteiger partial charge in [-0.25, -0.2) is 0 Å². The van der Waals surface area contributed by atoms with Gasteiger partial charge in [0.15, 0.2) is 0 Å². The van der Waals surface area contributed by atoms with E-state index in [0.29, 0.717) is 0 Å². The summed E-state index contributed by atoms with van der Waals surface area (Å²) >= 11 is 0. The molecule has 1 aliphatic heterocycles. The van der Waals surface area contributed by atoms with Crippen LogP contribution in [0, 0.1) is 0 Å². The van der Waals surface area contributed by atoms with E-state index < -0.39 is 0 Å². The van der Waals surface area contributed by atoms with Gasteiger partial charge in [-0.1, -0.05) is 48.5 Å². The van der Waals surface area contributed by atoms with E-state index in [0.717, 1.165) is 18.6 Å². The second kappa shape index (κ2) is 5.38. The number of benzene rings is 2. The van der Waals surface area contributed by atoms with Crippen molar-refractivity contribution in [2.45, 2.75) is 18.9 Å². The van der Waals surface area contributed by atoms with Crippen LogP contribution in [0.25, 0.3) is 5.57 Å². The molecular weight excluding hydrogens is 270 g/mol. The summed E-state index contributed by atoms with van der Waals surface area (Å²) in [4.78, 5) is 0. The average molecular weight is 289 g/mol. The fourth-order valence-corrected chi connectivity index (χ4v) is 3.08. The molecule has 1 fully saturated rings. The predicted molar refractivity (Wildman–Crippen MR) is 90.5 cm³/mol. The molecule has 1 atom stereocenters. The quantitative estimate of drug-likeness (QED) is 0.809. The van der Waals surface area contributed by atoms with E-state index in [1.165, 1.54) is 28.0 Å². The van der Waals surface area contributed by atoms with Gasteiger partial charge in [0, 0.05) is 16.8 Å². The first-order valence-corrected chi connectivity index (χ1v) is 7.76. The van der Waals surface area contributed by atoms with Gasteiger partial charge in [0.25, 0.3) is 0 Å². The van der Waals surface area contributed by atoms with Crippen molar-refractivity contribution in [3.05, 3.63) is 83.1 Å². The standard InChI is InChI=1S/C20H19NO/c1-22-20(15-11-12-15)17-13-19(14-7-3-2-4-8-14)21-18-10-6-5-9-16(17)18/h2-10,13,19,21H,11-12H2,1H3. The summed E-state index contributed by atoms with van der Waals surface area (Å²) in [6.07, 6.45) is 4.61. The van der Waals surface area contributed by atoms with Gasteiger partial charge >= 0.3 is 0 Å². The van der Waals surface area contributed by atoms with Crippen molar-refractivity contribution >= 4 is 11.3 Å². The minimum atomic E-state index is 0.176. The number of hydrogen-bond donors (Lipinski definition) is 1. The lowest BCUT2D eigenvalue weighted by Gasteiger charge is -2.27. The molecular formula is C20H19NO. The largest absolute Gasteiger partial charge is 0.496 e. The molecule has 110 valence electrons. The Morgan fingerprint density at radius 3 is 2.45 bits per heavy atom.